The average Bonchev–Trinajstić information content (AvgIpc) is 2.84. The van der Waals surface area contributed by atoms with Gasteiger partial charge in [-0.05, 0) is 46.6 Å². The van der Waals surface area contributed by atoms with E-state index in [1.54, 1.807) is 11.3 Å². The summed E-state index contributed by atoms with van der Waals surface area (Å²) >= 11 is 4.95. The summed E-state index contributed by atoms with van der Waals surface area (Å²) in [5.41, 5.74) is 5.62. The van der Waals surface area contributed by atoms with Crippen molar-refractivity contribution in [2.75, 3.05) is 12.3 Å². The maximum atomic E-state index is 12.0. The van der Waals surface area contributed by atoms with Crippen LogP contribution < -0.4 is 11.1 Å². The molecule has 3 N–H and O–H groups in total. The van der Waals surface area contributed by atoms with E-state index >= 15 is 0 Å². The number of rotatable bonds is 5. The third-order valence-electron chi connectivity index (χ3n) is 2.75. The van der Waals surface area contributed by atoms with Crippen LogP contribution in [0.4, 0.5) is 11.4 Å². The molecule has 0 aliphatic rings. The number of nitrogens with zero attached hydrogens (tertiary/aromatic N) is 1. The highest BCUT2D eigenvalue weighted by molar-refractivity contribution is 9.11. The third kappa shape index (κ3) is 4.02. The Morgan fingerprint density at radius 3 is 2.76 bits per heavy atom. The number of nitrogens with one attached hydrogen (secondary N) is 1. The topological polar surface area (TPSA) is 98.3 Å². The quantitative estimate of drug-likeness (QED) is 0.480. The second kappa shape index (κ2) is 6.68. The summed E-state index contributed by atoms with van der Waals surface area (Å²) < 4.78 is 1.02. The van der Waals surface area contributed by atoms with E-state index in [1.807, 2.05) is 12.1 Å². The number of carbonyl (C=O) groups is 1. The second-order valence-corrected chi connectivity index (χ2v) is 6.79. The van der Waals surface area contributed by atoms with Crippen LogP contribution in [0.5, 0.6) is 0 Å². The SMILES string of the molecule is Nc1ccc([N+](=O)[O-])c(C(=O)NCCc2ccc(Br)s2)c1. The summed E-state index contributed by atoms with van der Waals surface area (Å²) in [4.78, 5) is 23.5. The van der Waals surface area contributed by atoms with Gasteiger partial charge in [-0.25, -0.2) is 0 Å². The molecule has 6 nitrogen and oxygen atoms in total. The third-order valence-corrected chi connectivity index (χ3v) is 4.43. The smallest absolute Gasteiger partial charge is 0.282 e. The zero-order valence-corrected chi connectivity index (χ0v) is 13.2. The molecule has 8 heteroatoms. The number of amides is 1. The van der Waals surface area contributed by atoms with Crippen LogP contribution in [0, 0.1) is 10.1 Å². The first-order chi connectivity index (χ1) is 9.97. The molecule has 2 aromatic rings. The molecule has 1 aromatic heterocycles. The van der Waals surface area contributed by atoms with Crippen LogP contribution in [0.25, 0.3) is 0 Å². The van der Waals surface area contributed by atoms with E-state index in [9.17, 15) is 14.9 Å². The summed E-state index contributed by atoms with van der Waals surface area (Å²) in [5, 5.41) is 13.6. The fraction of sp³-hybridized carbons (Fsp3) is 0.154. The number of halogens is 1. The monoisotopic (exact) mass is 369 g/mol. The van der Waals surface area contributed by atoms with Gasteiger partial charge in [0.15, 0.2) is 0 Å². The van der Waals surface area contributed by atoms with Crippen LogP contribution in [0.1, 0.15) is 15.2 Å². The van der Waals surface area contributed by atoms with Gasteiger partial charge in [-0.15, -0.1) is 11.3 Å². The van der Waals surface area contributed by atoms with E-state index in [1.165, 1.54) is 18.2 Å². The van der Waals surface area contributed by atoms with E-state index in [0.717, 1.165) is 8.66 Å². The Labute approximate surface area is 133 Å². The van der Waals surface area contributed by atoms with Crippen molar-refractivity contribution < 1.29 is 9.72 Å². The van der Waals surface area contributed by atoms with Crippen molar-refractivity contribution in [2.45, 2.75) is 6.42 Å². The second-order valence-electron chi connectivity index (χ2n) is 4.25. The fourth-order valence-electron chi connectivity index (χ4n) is 1.78. The van der Waals surface area contributed by atoms with Gasteiger partial charge in [0.25, 0.3) is 11.6 Å². The number of nitrogen functional groups attached to an aromatic ring is 1. The first-order valence-corrected chi connectivity index (χ1v) is 7.64. The molecule has 110 valence electrons. The molecule has 0 spiro atoms. The number of benzene rings is 1. The van der Waals surface area contributed by atoms with Crippen molar-refractivity contribution in [3.63, 3.8) is 0 Å². The van der Waals surface area contributed by atoms with Gasteiger partial charge >= 0.3 is 0 Å². The normalized spacial score (nSPS) is 10.3. The molecule has 1 amide bonds. The van der Waals surface area contributed by atoms with E-state index in [2.05, 4.69) is 21.2 Å². The van der Waals surface area contributed by atoms with E-state index in [0.29, 0.717) is 18.7 Å². The van der Waals surface area contributed by atoms with Crippen molar-refractivity contribution in [1.82, 2.24) is 5.32 Å². The summed E-state index contributed by atoms with van der Waals surface area (Å²) in [6.45, 7) is 0.401. The van der Waals surface area contributed by atoms with E-state index in [4.69, 9.17) is 5.73 Å². The van der Waals surface area contributed by atoms with Crippen LogP contribution in [0.2, 0.25) is 0 Å². The van der Waals surface area contributed by atoms with E-state index in [-0.39, 0.29) is 11.3 Å². The molecule has 1 heterocycles. The van der Waals surface area contributed by atoms with Gasteiger partial charge in [-0.2, -0.15) is 0 Å². The maximum Gasteiger partial charge on any atom is 0.282 e. The van der Waals surface area contributed by atoms with Crippen molar-refractivity contribution in [1.29, 1.82) is 0 Å². The number of carbonyl (C=O) groups excluding carboxylic acids is 1. The number of nitro groups is 1. The Morgan fingerprint density at radius 2 is 2.14 bits per heavy atom. The predicted octanol–water partition coefficient (Wildman–Crippen LogP) is 2.97. The van der Waals surface area contributed by atoms with Gasteiger partial charge in [0, 0.05) is 23.2 Å². The molecule has 0 radical (unpaired) electrons. The van der Waals surface area contributed by atoms with Gasteiger partial charge in [-0.3, -0.25) is 14.9 Å². The molecule has 0 aliphatic heterocycles. The molecule has 21 heavy (non-hydrogen) atoms. The molecule has 0 saturated heterocycles. The minimum absolute atomic E-state index is 0.0210. The van der Waals surface area contributed by atoms with Crippen LogP contribution in [-0.4, -0.2) is 17.4 Å². The van der Waals surface area contributed by atoms with Gasteiger partial charge in [0.05, 0.1) is 8.71 Å². The molecular formula is C13H12BrN3O3S. The highest BCUT2D eigenvalue weighted by atomic mass is 79.9. The maximum absolute atomic E-state index is 12.0. The van der Waals surface area contributed by atoms with Crippen molar-refractivity contribution in [3.05, 3.63) is 54.7 Å². The number of nitrogens with two attached hydrogens (primary N) is 1. The lowest BCUT2D eigenvalue weighted by atomic mass is 10.1. The highest BCUT2D eigenvalue weighted by Gasteiger charge is 2.19. The Kier molecular flexibility index (Phi) is 4.92. The van der Waals surface area contributed by atoms with Crippen molar-refractivity contribution in [3.8, 4) is 0 Å². The zero-order chi connectivity index (χ0) is 15.4. The zero-order valence-electron chi connectivity index (χ0n) is 10.8. The Morgan fingerprint density at radius 1 is 1.38 bits per heavy atom. The summed E-state index contributed by atoms with van der Waals surface area (Å²) in [6, 6.07) is 7.85. The molecule has 0 bridgehead atoms. The molecule has 0 fully saturated rings. The first-order valence-electron chi connectivity index (χ1n) is 6.03. The lowest BCUT2D eigenvalue weighted by Gasteiger charge is -2.06. The largest absolute Gasteiger partial charge is 0.399 e. The molecule has 0 saturated carbocycles. The van der Waals surface area contributed by atoms with Crippen molar-refractivity contribution >= 4 is 44.5 Å². The molecule has 2 rings (SSSR count). The van der Waals surface area contributed by atoms with E-state index < -0.39 is 10.8 Å². The van der Waals surface area contributed by atoms with Gasteiger partial charge in [-0.1, -0.05) is 0 Å². The van der Waals surface area contributed by atoms with Gasteiger partial charge in [0.1, 0.15) is 5.56 Å². The average molecular weight is 370 g/mol. The number of nitro benzene ring substituents is 1. The number of thiophene rings is 1. The number of hydrogen-bond acceptors (Lipinski definition) is 5. The summed E-state index contributed by atoms with van der Waals surface area (Å²) in [5.74, 6) is -0.496. The van der Waals surface area contributed by atoms with Gasteiger partial charge in [0.2, 0.25) is 0 Å². The molecular weight excluding hydrogens is 358 g/mol. The van der Waals surface area contributed by atoms with Gasteiger partial charge < -0.3 is 11.1 Å². The van der Waals surface area contributed by atoms with Crippen LogP contribution in [0.3, 0.4) is 0 Å². The van der Waals surface area contributed by atoms with Crippen LogP contribution >= 0.6 is 27.3 Å². The minimum Gasteiger partial charge on any atom is -0.399 e. The standard InChI is InChI=1S/C13H12BrN3O3S/c14-12-4-2-9(21-12)5-6-16-13(18)10-7-8(15)1-3-11(10)17(19)20/h1-4,7H,5-6,15H2,(H,16,18). The first kappa shape index (κ1) is 15.5. The molecule has 0 aliphatic carbocycles. The predicted molar refractivity (Wildman–Crippen MR) is 85.6 cm³/mol. The fourth-order valence-corrected chi connectivity index (χ4v) is 3.26. The Bertz CT molecular complexity index is 687. The minimum atomic E-state index is -0.593. The number of anilines is 1. The lowest BCUT2D eigenvalue weighted by molar-refractivity contribution is -0.385. The molecule has 0 atom stereocenters. The van der Waals surface area contributed by atoms with Crippen LogP contribution in [0.15, 0.2) is 34.1 Å². The van der Waals surface area contributed by atoms with Crippen LogP contribution in [-0.2, 0) is 6.42 Å². The summed E-state index contributed by atoms with van der Waals surface area (Å²) in [6.07, 6.45) is 0.665. The lowest BCUT2D eigenvalue weighted by Crippen LogP contribution is -2.26. The summed E-state index contributed by atoms with van der Waals surface area (Å²) in [7, 11) is 0. The molecule has 1 aromatic carbocycles. The molecule has 0 unspecified atom stereocenters. The number of hydrogen-bond donors (Lipinski definition) is 2. The Hall–Kier alpha value is -1.93. The van der Waals surface area contributed by atoms with Crippen molar-refractivity contribution in [2.24, 2.45) is 0 Å². The Balaban J connectivity index is 2.03. The highest BCUT2D eigenvalue weighted by Crippen LogP contribution is 2.23.